The number of unbranched alkanes of at least 4 members (excludes halogenated alkanes) is 4. The van der Waals surface area contributed by atoms with E-state index in [4.69, 9.17) is 18.9 Å². The zero-order chi connectivity index (χ0) is 52.6. The number of rotatable bonds is 16. The number of hydrogen-bond acceptors (Lipinski definition) is 6. The maximum Gasteiger partial charge on any atom is 2.00 e. The number of para-hydroxylation sites is 2. The van der Waals surface area contributed by atoms with Gasteiger partial charge in [0.05, 0.1) is 0 Å². The molecule has 0 aliphatic heterocycles. The van der Waals surface area contributed by atoms with Crippen molar-refractivity contribution in [2.75, 3.05) is 0 Å². The Balaban J connectivity index is 0. The Kier molecular flexibility index (Phi) is 37.9. The maximum absolute atomic E-state index is 12.1. The van der Waals surface area contributed by atoms with Gasteiger partial charge in [0.15, 0.2) is 0 Å². The van der Waals surface area contributed by atoms with Gasteiger partial charge in [0.2, 0.25) is 0 Å². The summed E-state index contributed by atoms with van der Waals surface area (Å²) in [6.45, 7) is 31.8. The molecule has 0 saturated carbocycles. The van der Waals surface area contributed by atoms with Crippen molar-refractivity contribution in [3.63, 3.8) is 0 Å². The van der Waals surface area contributed by atoms with E-state index in [1.165, 1.54) is 99.3 Å². The van der Waals surface area contributed by atoms with E-state index < -0.39 is 0 Å². The summed E-state index contributed by atoms with van der Waals surface area (Å²) in [4.78, 5) is 0. The molecular weight excluding hydrogens is 1050 g/mol. The number of hydrogen-bond donors (Lipinski definition) is 0. The molecular formula is C64H94O6Zr2-2. The van der Waals surface area contributed by atoms with Crippen LogP contribution >= 0.6 is 0 Å². The fourth-order valence-electron chi connectivity index (χ4n) is 6.59. The molecule has 0 heterocycles. The largest absolute Gasteiger partial charge is 2.00 e. The van der Waals surface area contributed by atoms with Gasteiger partial charge in [-0.15, -0.1) is 25.7 Å². The van der Waals surface area contributed by atoms with Gasteiger partial charge in [0.25, 0.3) is 0 Å². The van der Waals surface area contributed by atoms with Gasteiger partial charge < -0.3 is 29.2 Å². The molecule has 0 spiro atoms. The second kappa shape index (κ2) is 38.5. The van der Waals surface area contributed by atoms with Gasteiger partial charge in [-0.2, -0.15) is 24.3 Å². The molecule has 0 saturated heterocycles. The molecule has 396 valence electrons. The van der Waals surface area contributed by atoms with Gasteiger partial charge in [0.1, 0.15) is 45.4 Å². The van der Waals surface area contributed by atoms with E-state index >= 15 is 0 Å². The van der Waals surface area contributed by atoms with E-state index in [1.54, 1.807) is 36.4 Å². The summed E-state index contributed by atoms with van der Waals surface area (Å²) in [5.41, 5.74) is 4.10. The van der Waals surface area contributed by atoms with Gasteiger partial charge in [-0.3, -0.25) is 24.3 Å². The SMILES string of the molecule is CC(C)(C)Oc1cccc(OC(C)(C)C)c1[O-].CC(C)(C)Oc1cccc(OC(C)(C)C)c1[O-].CCCCC1=[C-]CC=C1.CCCCC1=[C-]CC=C1.CCCCC1=[C-]CC=C1.CCCCC1=[C-]CC=C1.[Zr+2].[Zr+2]. The monoisotopic (exact) mass is 1140 g/mol. The predicted octanol–water partition coefficient (Wildman–Crippen LogP) is 17.7. The molecule has 4 aliphatic rings. The van der Waals surface area contributed by atoms with E-state index in [2.05, 4.69) is 101 Å². The summed E-state index contributed by atoms with van der Waals surface area (Å²) in [6.07, 6.45) is 50.1. The average Bonchev–Trinajstić information content (AvgIpc) is 4.13. The van der Waals surface area contributed by atoms with Gasteiger partial charge in [-0.05, 0) is 119 Å². The minimum absolute atomic E-state index is 0. The van der Waals surface area contributed by atoms with Crippen molar-refractivity contribution in [1.82, 2.24) is 0 Å². The molecule has 0 N–H and O–H groups in total. The molecule has 2 aromatic rings. The van der Waals surface area contributed by atoms with Crippen LogP contribution in [0.4, 0.5) is 0 Å². The van der Waals surface area contributed by atoms with E-state index in [0.717, 1.165) is 25.7 Å². The van der Waals surface area contributed by atoms with E-state index in [0.29, 0.717) is 23.0 Å². The molecule has 0 bridgehead atoms. The quantitative estimate of drug-likeness (QED) is 0.156. The van der Waals surface area contributed by atoms with Crippen LogP contribution in [0.5, 0.6) is 34.5 Å². The third-order valence-corrected chi connectivity index (χ3v) is 9.81. The summed E-state index contributed by atoms with van der Waals surface area (Å²) in [5, 5.41) is 24.1. The molecule has 0 aromatic heterocycles. The Hall–Kier alpha value is -3.07. The van der Waals surface area contributed by atoms with Gasteiger partial charge in [-0.1, -0.05) is 117 Å². The molecule has 4 aliphatic carbocycles. The fraction of sp³-hybridized carbons (Fsp3) is 0.562. The van der Waals surface area contributed by atoms with Gasteiger partial charge in [0, 0.05) is 0 Å². The summed E-state index contributed by atoms with van der Waals surface area (Å²) >= 11 is 0. The Morgan fingerprint density at radius 3 is 0.708 bits per heavy atom. The minimum atomic E-state index is -0.389. The molecule has 0 radical (unpaired) electrons. The summed E-state index contributed by atoms with van der Waals surface area (Å²) in [7, 11) is 0. The molecule has 0 atom stereocenters. The summed E-state index contributed by atoms with van der Waals surface area (Å²) in [6, 6.07) is 10.2. The predicted molar refractivity (Wildman–Crippen MR) is 293 cm³/mol. The third-order valence-electron chi connectivity index (χ3n) is 9.81. The van der Waals surface area contributed by atoms with Crippen molar-refractivity contribution >= 4 is 0 Å². The topological polar surface area (TPSA) is 83.0 Å². The van der Waals surface area contributed by atoms with Crippen LogP contribution in [0.25, 0.3) is 0 Å². The van der Waals surface area contributed by atoms with Crippen molar-refractivity contribution < 1.29 is 81.6 Å². The van der Waals surface area contributed by atoms with Crippen LogP contribution in [0.3, 0.4) is 0 Å². The van der Waals surface area contributed by atoms with Crippen LogP contribution in [0.2, 0.25) is 0 Å². The van der Waals surface area contributed by atoms with Crippen LogP contribution in [-0.4, -0.2) is 22.4 Å². The first-order valence-corrected chi connectivity index (χ1v) is 26.3. The van der Waals surface area contributed by atoms with Crippen molar-refractivity contribution in [2.24, 2.45) is 0 Å². The summed E-state index contributed by atoms with van der Waals surface area (Å²) in [5.74, 6) is 0.937. The number of ether oxygens (including phenoxy) is 4. The first-order valence-electron chi connectivity index (χ1n) is 26.3. The molecule has 8 heteroatoms. The van der Waals surface area contributed by atoms with Gasteiger partial charge >= 0.3 is 52.4 Å². The van der Waals surface area contributed by atoms with Crippen LogP contribution in [0.1, 0.15) is 214 Å². The van der Waals surface area contributed by atoms with Crippen LogP contribution in [0, 0.1) is 24.3 Å². The van der Waals surface area contributed by atoms with Crippen LogP contribution in [-0.2, 0) is 52.4 Å². The Bertz CT molecular complexity index is 1740. The molecule has 0 amide bonds. The molecule has 72 heavy (non-hydrogen) atoms. The number of benzene rings is 2. The Labute approximate surface area is 479 Å². The Morgan fingerprint density at radius 2 is 0.569 bits per heavy atom. The standard InChI is InChI=1S/2C14H22O3.4C9H13.2Zr/c2*1-13(2,3)16-10-8-7-9-11(12(10)15)17-14(4,5)6;4*1-2-3-6-9-7-4-5-8-9;;/h2*7-9,15H,1-6H3;4*4,7H,2-3,5-6H2,1H3;;/q;;4*-1;2*+2/p-2. The second-order valence-corrected chi connectivity index (χ2v) is 21.7. The van der Waals surface area contributed by atoms with E-state index in [1.807, 2.05) is 83.1 Å². The first kappa shape index (κ1) is 71.0. The molecule has 6 rings (SSSR count). The molecule has 0 fully saturated rings. The second-order valence-electron chi connectivity index (χ2n) is 21.7. The smallest absolute Gasteiger partial charge is 0.867 e. The number of allylic oxidation sites excluding steroid dienone is 16. The normalized spacial score (nSPS) is 14.0. The van der Waals surface area contributed by atoms with Crippen molar-refractivity contribution in [2.45, 2.75) is 236 Å². The zero-order valence-electron chi connectivity index (χ0n) is 47.8. The fourth-order valence-corrected chi connectivity index (χ4v) is 6.59. The van der Waals surface area contributed by atoms with Crippen molar-refractivity contribution in [3.8, 4) is 34.5 Å². The molecule has 2 aromatic carbocycles. The van der Waals surface area contributed by atoms with Gasteiger partial charge in [-0.25, -0.2) is 46.6 Å². The summed E-state index contributed by atoms with van der Waals surface area (Å²) < 4.78 is 22.4. The van der Waals surface area contributed by atoms with Crippen molar-refractivity contribution in [1.29, 1.82) is 0 Å². The Morgan fingerprint density at radius 1 is 0.375 bits per heavy atom. The van der Waals surface area contributed by atoms with Crippen LogP contribution in [0.15, 0.2) is 107 Å². The van der Waals surface area contributed by atoms with Crippen LogP contribution < -0.4 is 29.2 Å². The minimum Gasteiger partial charge on any atom is -0.867 e. The first-order chi connectivity index (χ1) is 32.9. The maximum atomic E-state index is 12.1. The molecule has 0 unspecified atom stereocenters. The van der Waals surface area contributed by atoms with Crippen molar-refractivity contribution in [3.05, 3.63) is 132 Å². The third kappa shape index (κ3) is 36.8. The van der Waals surface area contributed by atoms with E-state index in [-0.39, 0.29) is 86.3 Å². The molecule has 6 nitrogen and oxygen atoms in total. The average molecular weight is 1140 g/mol. The van der Waals surface area contributed by atoms with E-state index in [9.17, 15) is 10.2 Å². The zero-order valence-corrected chi connectivity index (χ0v) is 52.8.